The number of carbonyl (C=O) groups is 1. The molecule has 116 valence electrons. The first-order valence-electron chi connectivity index (χ1n) is 7.28. The molecule has 0 saturated carbocycles. The van der Waals surface area contributed by atoms with Crippen molar-refractivity contribution >= 4 is 36.0 Å². The number of rotatable bonds is 6. The Balaban J connectivity index is 1.83. The molecule has 0 unspecified atom stereocenters. The Morgan fingerprint density at radius 3 is 3.05 bits per heavy atom. The van der Waals surface area contributed by atoms with E-state index in [2.05, 4.69) is 4.81 Å². The summed E-state index contributed by atoms with van der Waals surface area (Å²) in [4.78, 5) is 15.3. The molecule has 21 heavy (non-hydrogen) atoms. The van der Waals surface area contributed by atoms with Gasteiger partial charge in [0, 0.05) is 16.3 Å². The van der Waals surface area contributed by atoms with Crippen LogP contribution in [0.1, 0.15) is 33.8 Å². The highest BCUT2D eigenvalue weighted by molar-refractivity contribution is 7.13. The van der Waals surface area contributed by atoms with Gasteiger partial charge < -0.3 is 14.6 Å². The van der Waals surface area contributed by atoms with Crippen molar-refractivity contribution in [1.29, 1.82) is 0 Å². The van der Waals surface area contributed by atoms with Gasteiger partial charge in [0.15, 0.2) is 0 Å². The molecule has 1 aliphatic heterocycles. The van der Waals surface area contributed by atoms with Crippen LogP contribution in [0.2, 0.25) is 6.82 Å². The predicted molar refractivity (Wildman–Crippen MR) is 87.2 cm³/mol. The molecule has 1 aliphatic rings. The fourth-order valence-electron chi connectivity index (χ4n) is 2.86. The summed E-state index contributed by atoms with van der Waals surface area (Å²) in [7, 11) is 0.957. The molecule has 0 amide bonds. The molecule has 1 aromatic rings. The number of carbonyl (C=O) groups excluding carboxylic acids is 1. The fourth-order valence-corrected chi connectivity index (χ4v) is 4.19. The molecule has 2 atom stereocenters. The van der Waals surface area contributed by atoms with Crippen LogP contribution in [0.4, 0.5) is 0 Å². The van der Waals surface area contributed by atoms with Crippen molar-refractivity contribution in [3.05, 3.63) is 21.9 Å². The van der Waals surface area contributed by atoms with Crippen LogP contribution in [0.3, 0.4) is 0 Å². The molecule has 1 aromatic heterocycles. The lowest BCUT2D eigenvalue weighted by Crippen LogP contribution is -2.43. The SMILES string of the molecule is COC(=O)c1ccc(CCC[C@H]2[C@H](Cl)CCN2B(C)O)s1. The van der Waals surface area contributed by atoms with Crippen molar-refractivity contribution in [3.63, 3.8) is 0 Å². The minimum atomic E-state index is -0.439. The molecule has 0 bridgehead atoms. The smallest absolute Gasteiger partial charge is 0.376 e. The Bertz CT molecular complexity index is 483. The second-order valence-corrected chi connectivity index (χ2v) is 7.12. The van der Waals surface area contributed by atoms with Gasteiger partial charge in [-0.1, -0.05) is 0 Å². The van der Waals surface area contributed by atoms with Crippen LogP contribution in [0.25, 0.3) is 0 Å². The number of aryl methyl sites for hydroxylation is 1. The maximum absolute atomic E-state index is 11.4. The van der Waals surface area contributed by atoms with E-state index in [9.17, 15) is 9.82 Å². The molecule has 1 fully saturated rings. The first kappa shape index (κ1) is 16.8. The van der Waals surface area contributed by atoms with E-state index in [1.54, 1.807) is 6.82 Å². The van der Waals surface area contributed by atoms with E-state index in [1.165, 1.54) is 23.3 Å². The summed E-state index contributed by atoms with van der Waals surface area (Å²) in [5, 5.41) is 9.89. The van der Waals surface area contributed by atoms with Crippen LogP contribution in [-0.2, 0) is 11.2 Å². The van der Waals surface area contributed by atoms with E-state index in [0.717, 1.165) is 32.2 Å². The van der Waals surface area contributed by atoms with Gasteiger partial charge in [0.1, 0.15) is 4.88 Å². The zero-order valence-electron chi connectivity index (χ0n) is 12.4. The van der Waals surface area contributed by atoms with Gasteiger partial charge in [0.25, 0.3) is 0 Å². The maximum Gasteiger partial charge on any atom is 0.376 e. The lowest BCUT2D eigenvalue weighted by atomic mass is 9.83. The second-order valence-electron chi connectivity index (χ2n) is 5.39. The number of hydrogen-bond donors (Lipinski definition) is 1. The summed E-state index contributed by atoms with van der Waals surface area (Å²) in [5.41, 5.74) is 0. The zero-order chi connectivity index (χ0) is 15.4. The summed E-state index contributed by atoms with van der Waals surface area (Å²) in [6.45, 7) is 2.66. The number of halogens is 1. The first-order chi connectivity index (χ1) is 10.0. The van der Waals surface area contributed by atoms with Crippen LogP contribution in [0, 0.1) is 0 Å². The van der Waals surface area contributed by atoms with Gasteiger partial charge >= 0.3 is 13.0 Å². The second kappa shape index (κ2) is 7.63. The van der Waals surface area contributed by atoms with Gasteiger partial charge in [-0.25, -0.2) is 4.79 Å². The predicted octanol–water partition coefficient (Wildman–Crippen LogP) is 2.65. The molecule has 0 aliphatic carbocycles. The average molecular weight is 330 g/mol. The van der Waals surface area contributed by atoms with Crippen LogP contribution in [0.5, 0.6) is 0 Å². The number of esters is 1. The third kappa shape index (κ3) is 4.22. The highest BCUT2D eigenvalue weighted by Crippen LogP contribution is 2.28. The van der Waals surface area contributed by atoms with Crippen molar-refractivity contribution in [2.75, 3.05) is 13.7 Å². The molecule has 1 N–H and O–H groups in total. The van der Waals surface area contributed by atoms with E-state index < -0.39 is 7.05 Å². The lowest BCUT2D eigenvalue weighted by molar-refractivity contribution is 0.0606. The zero-order valence-corrected chi connectivity index (χ0v) is 14.0. The van der Waals surface area contributed by atoms with E-state index >= 15 is 0 Å². The maximum atomic E-state index is 11.4. The molecule has 0 spiro atoms. The van der Waals surface area contributed by atoms with Crippen molar-refractivity contribution in [1.82, 2.24) is 4.81 Å². The Kier molecular flexibility index (Phi) is 6.11. The number of alkyl halides is 1. The standard InChI is InChI=1S/C14H21BClNO3S/c1-15(19)17-9-8-11(16)12(17)5-3-4-10-6-7-13(21-10)14(18)20-2/h6-7,11-12,19H,3-5,8-9H2,1-2H3/t11-,12+/m1/s1. The number of ether oxygens (including phenoxy) is 1. The highest BCUT2D eigenvalue weighted by atomic mass is 35.5. The normalized spacial score (nSPS) is 22.5. The van der Waals surface area contributed by atoms with E-state index in [4.69, 9.17) is 16.3 Å². The molecule has 7 heteroatoms. The Morgan fingerprint density at radius 2 is 2.38 bits per heavy atom. The van der Waals surface area contributed by atoms with E-state index in [-0.39, 0.29) is 17.4 Å². The van der Waals surface area contributed by atoms with Gasteiger partial charge in [-0.15, -0.1) is 22.9 Å². The van der Waals surface area contributed by atoms with Crippen molar-refractivity contribution in [2.24, 2.45) is 0 Å². The molecule has 0 radical (unpaired) electrons. The monoisotopic (exact) mass is 329 g/mol. The van der Waals surface area contributed by atoms with Crippen LogP contribution in [-0.4, -0.2) is 47.9 Å². The lowest BCUT2D eigenvalue weighted by Gasteiger charge is -2.26. The largest absolute Gasteiger partial charge is 0.465 e. The van der Waals surface area contributed by atoms with Gasteiger partial charge in [-0.3, -0.25) is 0 Å². The molecular formula is C14H21BClNO3S. The summed E-state index contributed by atoms with van der Waals surface area (Å²) < 4.78 is 4.71. The van der Waals surface area contributed by atoms with Gasteiger partial charge in [0.05, 0.1) is 7.11 Å². The van der Waals surface area contributed by atoms with Gasteiger partial charge in [-0.05, 0) is 51.2 Å². The topological polar surface area (TPSA) is 49.8 Å². The third-order valence-corrected chi connectivity index (χ3v) is 5.59. The van der Waals surface area contributed by atoms with Crippen LogP contribution >= 0.6 is 22.9 Å². The quantitative estimate of drug-likeness (QED) is 0.495. The molecule has 2 rings (SSSR count). The summed E-state index contributed by atoms with van der Waals surface area (Å²) in [6.07, 6.45) is 3.82. The highest BCUT2D eigenvalue weighted by Gasteiger charge is 2.35. The Labute approximate surface area is 135 Å². The van der Waals surface area contributed by atoms with Crippen LogP contribution in [0.15, 0.2) is 12.1 Å². The molecule has 0 aromatic carbocycles. The Morgan fingerprint density at radius 1 is 1.62 bits per heavy atom. The average Bonchev–Trinajstić information content (AvgIpc) is 3.06. The fraction of sp³-hybridized carbons (Fsp3) is 0.643. The number of methoxy groups -OCH3 is 1. The minimum absolute atomic E-state index is 0.119. The first-order valence-corrected chi connectivity index (χ1v) is 8.53. The molecule has 1 saturated heterocycles. The summed E-state index contributed by atoms with van der Waals surface area (Å²) >= 11 is 7.84. The van der Waals surface area contributed by atoms with Crippen molar-refractivity contribution in [2.45, 2.75) is 43.9 Å². The number of nitrogens with zero attached hydrogens (tertiary/aromatic N) is 1. The summed E-state index contributed by atoms with van der Waals surface area (Å²) in [6, 6.07) is 4.04. The number of thiophene rings is 1. The third-order valence-electron chi connectivity index (χ3n) is 3.96. The van der Waals surface area contributed by atoms with Gasteiger partial charge in [0.2, 0.25) is 0 Å². The number of hydrogen-bond acceptors (Lipinski definition) is 5. The van der Waals surface area contributed by atoms with E-state index in [0.29, 0.717) is 4.88 Å². The van der Waals surface area contributed by atoms with Crippen molar-refractivity contribution in [3.8, 4) is 0 Å². The molecule has 4 nitrogen and oxygen atoms in total. The van der Waals surface area contributed by atoms with E-state index in [1.807, 2.05) is 12.1 Å². The van der Waals surface area contributed by atoms with Gasteiger partial charge in [-0.2, -0.15) is 0 Å². The summed E-state index contributed by atoms with van der Waals surface area (Å²) in [5.74, 6) is -0.275. The minimum Gasteiger partial charge on any atom is -0.465 e. The van der Waals surface area contributed by atoms with Crippen LogP contribution < -0.4 is 0 Å². The Hall–Kier alpha value is -0.555. The molecular weight excluding hydrogens is 308 g/mol. The van der Waals surface area contributed by atoms with Crippen molar-refractivity contribution < 1.29 is 14.6 Å². The molecule has 2 heterocycles.